The van der Waals surface area contributed by atoms with Crippen LogP contribution in [0.25, 0.3) is 11.3 Å². The van der Waals surface area contributed by atoms with Crippen LogP contribution in [-0.2, 0) is 24.0 Å². The third-order valence-electron chi connectivity index (χ3n) is 6.03. The van der Waals surface area contributed by atoms with Crippen molar-refractivity contribution in [2.45, 2.75) is 43.0 Å². The van der Waals surface area contributed by atoms with Gasteiger partial charge in [-0.1, -0.05) is 6.92 Å². The summed E-state index contributed by atoms with van der Waals surface area (Å²) in [5, 5.41) is 7.09. The van der Waals surface area contributed by atoms with Gasteiger partial charge in [-0.3, -0.25) is 8.89 Å². The van der Waals surface area contributed by atoms with Crippen LogP contribution in [0.1, 0.15) is 30.9 Å². The standard InChI is InChI=1S/C23H27F3N6OS/c1-4-32-9-7-17(8-10-32)34(33)18-5-6-20(15(2)11-18)29-22-27-13-19(23(24,25)26)21(30-22)16-12-28-31(3)14-16/h5-6,11-14,17H,4,7-10H2,1-3H3,(H,27,29,30). The van der Waals surface area contributed by atoms with Gasteiger partial charge in [-0.25, -0.2) is 9.97 Å². The third-order valence-corrected chi connectivity index (χ3v) is 7.83. The summed E-state index contributed by atoms with van der Waals surface area (Å²) >= 11 is 0. The Morgan fingerprint density at radius 1 is 1.21 bits per heavy atom. The molecule has 0 aliphatic carbocycles. The van der Waals surface area contributed by atoms with Crippen LogP contribution in [0.4, 0.5) is 24.8 Å². The van der Waals surface area contributed by atoms with Gasteiger partial charge in [0, 0.05) is 40.8 Å². The topological polar surface area (TPSA) is 75.9 Å². The van der Waals surface area contributed by atoms with E-state index >= 15 is 0 Å². The lowest BCUT2D eigenvalue weighted by Crippen LogP contribution is -2.37. The first-order valence-corrected chi connectivity index (χ1v) is 12.3. The van der Waals surface area contributed by atoms with E-state index in [2.05, 4.69) is 32.2 Å². The highest BCUT2D eigenvalue weighted by molar-refractivity contribution is 7.85. The van der Waals surface area contributed by atoms with Crippen molar-refractivity contribution in [2.75, 3.05) is 25.0 Å². The van der Waals surface area contributed by atoms with Gasteiger partial charge in [-0.05, 0) is 63.2 Å². The molecule has 7 nitrogen and oxygen atoms in total. The van der Waals surface area contributed by atoms with Crippen LogP contribution in [0.3, 0.4) is 0 Å². The number of aryl methyl sites for hydroxylation is 2. The Morgan fingerprint density at radius 2 is 1.94 bits per heavy atom. The highest BCUT2D eigenvalue weighted by Crippen LogP contribution is 2.36. The maximum atomic E-state index is 13.5. The van der Waals surface area contributed by atoms with E-state index in [1.807, 2.05) is 13.0 Å². The van der Waals surface area contributed by atoms with Gasteiger partial charge in [0.25, 0.3) is 0 Å². The summed E-state index contributed by atoms with van der Waals surface area (Å²) in [7, 11) is 0.513. The van der Waals surface area contributed by atoms with Crippen LogP contribution in [0.15, 0.2) is 41.7 Å². The summed E-state index contributed by atoms with van der Waals surface area (Å²) in [6, 6.07) is 5.43. The van der Waals surface area contributed by atoms with E-state index in [9.17, 15) is 17.4 Å². The third kappa shape index (κ3) is 5.30. The Labute approximate surface area is 198 Å². The molecule has 1 aliphatic heterocycles. The number of rotatable bonds is 6. The lowest BCUT2D eigenvalue weighted by atomic mass is 10.1. The Balaban J connectivity index is 1.55. The van der Waals surface area contributed by atoms with Gasteiger partial charge in [0.15, 0.2) is 0 Å². The molecular formula is C23H27F3N6OS. The van der Waals surface area contributed by atoms with E-state index < -0.39 is 22.5 Å². The molecule has 1 unspecified atom stereocenters. The zero-order valence-corrected chi connectivity index (χ0v) is 20.1. The predicted molar refractivity (Wildman–Crippen MR) is 125 cm³/mol. The van der Waals surface area contributed by atoms with E-state index in [1.165, 1.54) is 17.1 Å². The van der Waals surface area contributed by atoms with E-state index in [0.717, 1.165) is 49.1 Å². The van der Waals surface area contributed by atoms with Crippen LogP contribution in [0.5, 0.6) is 0 Å². The first kappa shape index (κ1) is 24.3. The summed E-state index contributed by atoms with van der Waals surface area (Å²) in [4.78, 5) is 11.1. The van der Waals surface area contributed by atoms with Crippen LogP contribution < -0.4 is 5.32 Å². The fraction of sp³-hybridized carbons (Fsp3) is 0.435. The van der Waals surface area contributed by atoms with E-state index in [-0.39, 0.29) is 22.5 Å². The Bertz CT molecular complexity index is 1190. The number of piperidine rings is 1. The molecular weight excluding hydrogens is 465 g/mol. The summed E-state index contributed by atoms with van der Waals surface area (Å²) in [5.74, 6) is 0.0377. The average molecular weight is 493 g/mol. The van der Waals surface area contributed by atoms with Crippen molar-refractivity contribution in [3.63, 3.8) is 0 Å². The number of hydrogen-bond donors (Lipinski definition) is 1. The maximum absolute atomic E-state index is 13.5. The number of anilines is 2. The molecule has 0 bridgehead atoms. The summed E-state index contributed by atoms with van der Waals surface area (Å²) in [5.41, 5.74) is 0.521. The van der Waals surface area contributed by atoms with Gasteiger partial charge in [0.1, 0.15) is 5.56 Å². The van der Waals surface area contributed by atoms with Crippen molar-refractivity contribution in [2.24, 2.45) is 7.05 Å². The molecule has 11 heteroatoms. The smallest absolute Gasteiger partial charge is 0.324 e. The molecule has 2 aromatic heterocycles. The Kier molecular flexibility index (Phi) is 7.04. The largest absolute Gasteiger partial charge is 0.419 e. The number of hydrogen-bond acceptors (Lipinski definition) is 6. The number of nitrogens with one attached hydrogen (secondary N) is 1. The number of nitrogens with zero attached hydrogens (tertiary/aromatic N) is 5. The van der Waals surface area contributed by atoms with Gasteiger partial charge in [-0.2, -0.15) is 18.3 Å². The molecule has 1 saturated heterocycles. The van der Waals surface area contributed by atoms with Crippen molar-refractivity contribution in [3.05, 3.63) is 47.9 Å². The summed E-state index contributed by atoms with van der Waals surface area (Å²) in [6.07, 6.45) is 0.785. The van der Waals surface area contributed by atoms with Gasteiger partial charge >= 0.3 is 6.18 Å². The first-order chi connectivity index (χ1) is 16.2. The lowest BCUT2D eigenvalue weighted by Gasteiger charge is -2.30. The van der Waals surface area contributed by atoms with Crippen molar-refractivity contribution >= 4 is 22.4 Å². The minimum atomic E-state index is -4.60. The van der Waals surface area contributed by atoms with Crippen LogP contribution in [0.2, 0.25) is 0 Å². The van der Waals surface area contributed by atoms with Crippen molar-refractivity contribution < 1.29 is 17.4 Å². The molecule has 1 atom stereocenters. The molecule has 3 aromatic rings. The minimum absolute atomic E-state index is 0.0377. The van der Waals surface area contributed by atoms with Crippen LogP contribution >= 0.6 is 0 Å². The second-order valence-corrected chi connectivity index (χ2v) is 10.1. The van der Waals surface area contributed by atoms with Crippen molar-refractivity contribution in [1.82, 2.24) is 24.6 Å². The summed E-state index contributed by atoms with van der Waals surface area (Å²) < 4.78 is 55.1. The monoisotopic (exact) mass is 492 g/mol. The molecule has 0 amide bonds. The normalized spacial score (nSPS) is 16.5. The Hall–Kier alpha value is -2.79. The number of likely N-dealkylation sites (tertiary alicyclic amines) is 1. The molecule has 4 rings (SSSR count). The first-order valence-electron chi connectivity index (χ1n) is 11.1. The van der Waals surface area contributed by atoms with Crippen molar-refractivity contribution in [1.29, 1.82) is 0 Å². The molecule has 1 aliphatic rings. The molecule has 1 N–H and O–H groups in total. The van der Waals surface area contributed by atoms with Crippen LogP contribution in [0, 0.1) is 6.92 Å². The number of alkyl halides is 3. The van der Waals surface area contributed by atoms with E-state index in [1.54, 1.807) is 19.2 Å². The highest BCUT2D eigenvalue weighted by Gasteiger charge is 2.36. The predicted octanol–water partition coefficient (Wildman–Crippen LogP) is 4.54. The second kappa shape index (κ2) is 9.83. The molecule has 0 radical (unpaired) electrons. The maximum Gasteiger partial charge on any atom is 0.419 e. The molecule has 34 heavy (non-hydrogen) atoms. The lowest BCUT2D eigenvalue weighted by molar-refractivity contribution is -0.137. The van der Waals surface area contributed by atoms with Gasteiger partial charge in [0.05, 0.1) is 22.7 Å². The highest BCUT2D eigenvalue weighted by atomic mass is 32.2. The zero-order chi connectivity index (χ0) is 24.5. The fourth-order valence-electron chi connectivity index (χ4n) is 4.07. The second-order valence-electron chi connectivity index (χ2n) is 8.39. The molecule has 182 valence electrons. The molecule has 3 heterocycles. The quantitative estimate of drug-likeness (QED) is 0.545. The van der Waals surface area contributed by atoms with Crippen molar-refractivity contribution in [3.8, 4) is 11.3 Å². The average Bonchev–Trinajstić information content (AvgIpc) is 3.25. The van der Waals surface area contributed by atoms with E-state index in [0.29, 0.717) is 5.69 Å². The van der Waals surface area contributed by atoms with Gasteiger partial charge in [0.2, 0.25) is 5.95 Å². The SMILES string of the molecule is CCN1CCC(S(=O)c2ccc(Nc3ncc(C(F)(F)F)c(-c4cnn(C)c4)n3)c(C)c2)CC1. The number of halogens is 3. The molecule has 1 aromatic carbocycles. The number of benzene rings is 1. The number of aromatic nitrogens is 4. The zero-order valence-electron chi connectivity index (χ0n) is 19.3. The molecule has 0 spiro atoms. The van der Waals surface area contributed by atoms with Crippen LogP contribution in [-0.4, -0.2) is 53.7 Å². The Morgan fingerprint density at radius 3 is 2.53 bits per heavy atom. The minimum Gasteiger partial charge on any atom is -0.324 e. The van der Waals surface area contributed by atoms with Gasteiger partial charge in [-0.15, -0.1) is 0 Å². The van der Waals surface area contributed by atoms with Gasteiger partial charge < -0.3 is 10.2 Å². The molecule has 0 saturated carbocycles. The molecule has 1 fully saturated rings. The fourth-order valence-corrected chi connectivity index (χ4v) is 5.59. The van der Waals surface area contributed by atoms with E-state index in [4.69, 9.17) is 0 Å². The summed E-state index contributed by atoms with van der Waals surface area (Å²) in [6.45, 7) is 6.90.